The largest absolute Gasteiger partial charge is 0.382 e. The molecule has 21 heavy (non-hydrogen) atoms. The topological polar surface area (TPSA) is 55.1 Å². The summed E-state index contributed by atoms with van der Waals surface area (Å²) in [4.78, 5) is 11.2. The van der Waals surface area contributed by atoms with Gasteiger partial charge >= 0.3 is 0 Å². The van der Waals surface area contributed by atoms with E-state index >= 15 is 0 Å². The molecule has 1 aliphatic rings. The van der Waals surface area contributed by atoms with Crippen LogP contribution >= 0.6 is 0 Å². The van der Waals surface area contributed by atoms with E-state index in [0.717, 1.165) is 23.1 Å². The quantitative estimate of drug-likeness (QED) is 0.881. The Morgan fingerprint density at radius 2 is 2.05 bits per heavy atom. The molecule has 2 rings (SSSR count). The van der Waals surface area contributed by atoms with Crippen molar-refractivity contribution in [2.24, 2.45) is 23.5 Å². The van der Waals surface area contributed by atoms with Gasteiger partial charge in [0.25, 0.3) is 0 Å². The molecule has 3 nitrogen and oxygen atoms in total. The number of nitrogens with one attached hydrogen (secondary N) is 1. The number of primary amides is 1. The number of anilines is 1. The minimum absolute atomic E-state index is 0.365. The smallest absolute Gasteiger partial charge is 0.248 e. The van der Waals surface area contributed by atoms with Gasteiger partial charge in [0.15, 0.2) is 0 Å². The average molecular weight is 288 g/mol. The van der Waals surface area contributed by atoms with E-state index in [1.807, 2.05) is 25.1 Å². The first-order valence-corrected chi connectivity index (χ1v) is 8.05. The van der Waals surface area contributed by atoms with Gasteiger partial charge in [-0.05, 0) is 61.3 Å². The number of carbonyl (C=O) groups is 1. The minimum atomic E-state index is -0.365. The predicted octanol–water partition coefficient (Wildman–Crippen LogP) is 3.97. The van der Waals surface area contributed by atoms with Crippen molar-refractivity contribution in [3.05, 3.63) is 29.3 Å². The number of hydrogen-bond acceptors (Lipinski definition) is 2. The molecule has 0 aromatic heterocycles. The standard InChI is InChI=1S/C18H28N2O/c1-11(2)15-7-5-12(3)9-17(15)20-16-8-6-14(18(19)21)10-13(16)4/h6,8,10-12,15,17,20H,5,7,9H2,1-4H3,(H2,19,21). The lowest BCUT2D eigenvalue weighted by Crippen LogP contribution is -2.38. The number of carbonyl (C=O) groups excluding carboxylic acids is 1. The molecule has 1 aromatic rings. The molecule has 3 heteroatoms. The number of nitrogens with two attached hydrogens (primary N) is 1. The SMILES string of the molecule is Cc1cc(C(N)=O)ccc1NC1CC(C)CCC1C(C)C. The zero-order valence-corrected chi connectivity index (χ0v) is 13.6. The van der Waals surface area contributed by atoms with Gasteiger partial charge < -0.3 is 11.1 Å². The molecule has 0 heterocycles. The maximum absolute atomic E-state index is 11.2. The van der Waals surface area contributed by atoms with Crippen molar-refractivity contribution in [2.45, 2.75) is 53.0 Å². The Kier molecular flexibility index (Phi) is 4.92. The first kappa shape index (κ1) is 15.9. The van der Waals surface area contributed by atoms with E-state index < -0.39 is 0 Å². The van der Waals surface area contributed by atoms with Crippen molar-refractivity contribution < 1.29 is 4.79 Å². The van der Waals surface area contributed by atoms with Gasteiger partial charge in [-0.15, -0.1) is 0 Å². The maximum atomic E-state index is 11.2. The molecule has 1 fully saturated rings. The highest BCUT2D eigenvalue weighted by molar-refractivity contribution is 5.93. The Morgan fingerprint density at radius 3 is 2.62 bits per heavy atom. The molecule has 0 spiro atoms. The van der Waals surface area contributed by atoms with E-state index in [2.05, 4.69) is 26.1 Å². The number of amides is 1. The summed E-state index contributed by atoms with van der Waals surface area (Å²) in [5, 5.41) is 3.73. The van der Waals surface area contributed by atoms with Gasteiger partial charge in [-0.25, -0.2) is 0 Å². The molecule has 0 aliphatic heterocycles. The van der Waals surface area contributed by atoms with E-state index in [0.29, 0.717) is 17.5 Å². The first-order valence-electron chi connectivity index (χ1n) is 8.05. The molecule has 1 aromatic carbocycles. The maximum Gasteiger partial charge on any atom is 0.248 e. The number of benzene rings is 1. The normalized spacial score (nSPS) is 25.9. The zero-order chi connectivity index (χ0) is 15.6. The highest BCUT2D eigenvalue weighted by atomic mass is 16.1. The number of hydrogen-bond donors (Lipinski definition) is 2. The van der Waals surface area contributed by atoms with Crippen LogP contribution in [0.2, 0.25) is 0 Å². The summed E-state index contributed by atoms with van der Waals surface area (Å²) < 4.78 is 0. The summed E-state index contributed by atoms with van der Waals surface area (Å²) in [5.74, 6) is 1.83. The van der Waals surface area contributed by atoms with Gasteiger partial charge in [0.05, 0.1) is 0 Å². The van der Waals surface area contributed by atoms with E-state index in [-0.39, 0.29) is 5.91 Å². The van der Waals surface area contributed by atoms with E-state index in [1.165, 1.54) is 19.3 Å². The summed E-state index contributed by atoms with van der Waals surface area (Å²) in [6.45, 7) is 9.01. The number of rotatable bonds is 4. The van der Waals surface area contributed by atoms with Crippen LogP contribution in [0.15, 0.2) is 18.2 Å². The molecular formula is C18H28N2O. The van der Waals surface area contributed by atoms with Gasteiger partial charge in [0.2, 0.25) is 5.91 Å². The molecule has 116 valence electrons. The molecular weight excluding hydrogens is 260 g/mol. The van der Waals surface area contributed by atoms with Crippen molar-refractivity contribution in [1.29, 1.82) is 0 Å². The fraction of sp³-hybridized carbons (Fsp3) is 0.611. The molecule has 1 amide bonds. The van der Waals surface area contributed by atoms with E-state index in [1.54, 1.807) is 0 Å². The van der Waals surface area contributed by atoms with Crippen LogP contribution in [0.5, 0.6) is 0 Å². The van der Waals surface area contributed by atoms with Crippen LogP contribution in [0.1, 0.15) is 56.0 Å². The Bertz CT molecular complexity index is 510. The first-order chi connectivity index (χ1) is 9.88. The van der Waals surface area contributed by atoms with Crippen molar-refractivity contribution in [2.75, 3.05) is 5.32 Å². The minimum Gasteiger partial charge on any atom is -0.382 e. The molecule has 0 bridgehead atoms. The van der Waals surface area contributed by atoms with Crippen LogP contribution in [-0.2, 0) is 0 Å². The molecule has 3 N–H and O–H groups in total. The lowest BCUT2D eigenvalue weighted by Gasteiger charge is -2.38. The molecule has 1 aliphatic carbocycles. The summed E-state index contributed by atoms with van der Waals surface area (Å²) in [7, 11) is 0. The fourth-order valence-electron chi connectivity index (χ4n) is 3.55. The highest BCUT2D eigenvalue weighted by Gasteiger charge is 2.30. The molecule has 1 saturated carbocycles. The van der Waals surface area contributed by atoms with Crippen LogP contribution in [0, 0.1) is 24.7 Å². The van der Waals surface area contributed by atoms with Gasteiger partial charge in [-0.1, -0.05) is 27.2 Å². The van der Waals surface area contributed by atoms with Crippen molar-refractivity contribution in [3.8, 4) is 0 Å². The number of aryl methyl sites for hydroxylation is 1. The van der Waals surface area contributed by atoms with E-state index in [9.17, 15) is 4.79 Å². The van der Waals surface area contributed by atoms with Gasteiger partial charge in [-0.2, -0.15) is 0 Å². The van der Waals surface area contributed by atoms with Gasteiger partial charge in [0.1, 0.15) is 0 Å². The molecule has 0 saturated heterocycles. The molecule has 0 radical (unpaired) electrons. The second-order valence-electron chi connectivity index (χ2n) is 6.97. The lowest BCUT2D eigenvalue weighted by molar-refractivity contribution is 0.1000. The fourth-order valence-corrected chi connectivity index (χ4v) is 3.55. The average Bonchev–Trinajstić information content (AvgIpc) is 2.40. The zero-order valence-electron chi connectivity index (χ0n) is 13.6. The van der Waals surface area contributed by atoms with Crippen LogP contribution in [0.25, 0.3) is 0 Å². The predicted molar refractivity (Wildman–Crippen MR) is 88.5 cm³/mol. The third-order valence-electron chi connectivity index (χ3n) is 4.87. The Morgan fingerprint density at radius 1 is 1.33 bits per heavy atom. The van der Waals surface area contributed by atoms with Gasteiger partial charge in [0, 0.05) is 17.3 Å². The molecule has 3 unspecified atom stereocenters. The third-order valence-corrected chi connectivity index (χ3v) is 4.87. The Balaban J connectivity index is 2.16. The second kappa shape index (κ2) is 6.50. The summed E-state index contributed by atoms with van der Waals surface area (Å²) in [6.07, 6.45) is 3.86. The summed E-state index contributed by atoms with van der Waals surface area (Å²) >= 11 is 0. The summed E-state index contributed by atoms with van der Waals surface area (Å²) in [6, 6.07) is 6.20. The third kappa shape index (κ3) is 3.78. The van der Waals surface area contributed by atoms with Crippen molar-refractivity contribution in [3.63, 3.8) is 0 Å². The van der Waals surface area contributed by atoms with Crippen molar-refractivity contribution >= 4 is 11.6 Å². The second-order valence-corrected chi connectivity index (χ2v) is 6.97. The van der Waals surface area contributed by atoms with Crippen LogP contribution in [0.3, 0.4) is 0 Å². The Hall–Kier alpha value is -1.51. The summed E-state index contributed by atoms with van der Waals surface area (Å²) in [5.41, 5.74) is 8.14. The Labute approximate surface area is 128 Å². The lowest BCUT2D eigenvalue weighted by atomic mass is 9.74. The van der Waals surface area contributed by atoms with Crippen LogP contribution < -0.4 is 11.1 Å². The monoisotopic (exact) mass is 288 g/mol. The van der Waals surface area contributed by atoms with E-state index in [4.69, 9.17) is 5.73 Å². The van der Waals surface area contributed by atoms with Crippen molar-refractivity contribution in [1.82, 2.24) is 0 Å². The van der Waals surface area contributed by atoms with Crippen LogP contribution in [-0.4, -0.2) is 11.9 Å². The molecule has 3 atom stereocenters. The highest BCUT2D eigenvalue weighted by Crippen LogP contribution is 2.35. The van der Waals surface area contributed by atoms with Crippen LogP contribution in [0.4, 0.5) is 5.69 Å². The van der Waals surface area contributed by atoms with Gasteiger partial charge in [-0.3, -0.25) is 4.79 Å².